The molecule has 0 N–H and O–H groups in total. The van der Waals surface area contributed by atoms with Gasteiger partial charge in [0.15, 0.2) is 0 Å². The lowest BCUT2D eigenvalue weighted by atomic mass is 9.33. The van der Waals surface area contributed by atoms with Crippen LogP contribution in [0.15, 0.2) is 322 Å². The zero-order valence-electron chi connectivity index (χ0n) is 48.5. The molecule has 0 atom stereocenters. The fraction of sp³-hybridized carbons (Fsp3) is 0. The Balaban J connectivity index is 1.01. The first-order valence-corrected chi connectivity index (χ1v) is 30.9. The van der Waals surface area contributed by atoms with Crippen LogP contribution in [0.5, 0.6) is 0 Å². The predicted octanol–water partition coefficient (Wildman–Crippen LogP) is 20.4. The Morgan fingerprint density at radius 2 is 0.596 bits per heavy atom. The Morgan fingerprint density at radius 3 is 1.13 bits per heavy atom. The van der Waals surface area contributed by atoms with Crippen molar-refractivity contribution in [3.8, 4) is 39.1 Å². The van der Waals surface area contributed by atoms with Crippen molar-refractivity contribution in [2.75, 3.05) is 9.80 Å². The highest BCUT2D eigenvalue weighted by molar-refractivity contribution is 7.00. The second-order valence-electron chi connectivity index (χ2n) is 23.9. The van der Waals surface area contributed by atoms with E-state index in [1.54, 1.807) is 0 Å². The molecule has 0 radical (unpaired) electrons. The van der Waals surface area contributed by atoms with Gasteiger partial charge in [-0.3, -0.25) is 0 Å². The third-order valence-electron chi connectivity index (χ3n) is 19.2. The second kappa shape index (κ2) is 19.4. The van der Waals surface area contributed by atoms with E-state index in [2.05, 4.69) is 340 Å². The summed E-state index contributed by atoms with van der Waals surface area (Å²) in [6, 6.07) is 120. The highest BCUT2D eigenvalue weighted by Crippen LogP contribution is 2.49. The van der Waals surface area contributed by atoms with Gasteiger partial charge in [0, 0.05) is 66.4 Å². The predicted molar refractivity (Wildman–Crippen MR) is 378 cm³/mol. The van der Waals surface area contributed by atoms with Gasteiger partial charge in [-0.05, 0) is 138 Å². The number of hydrogen-bond acceptors (Lipinski definition) is 2. The van der Waals surface area contributed by atoms with E-state index in [4.69, 9.17) is 0 Å². The minimum atomic E-state index is -0.216. The molecule has 2 aliphatic heterocycles. The molecule has 0 amide bonds. The van der Waals surface area contributed by atoms with Gasteiger partial charge in [-0.1, -0.05) is 255 Å². The molecular weight excluding hydrogens is 1080 g/mol. The SMILES string of the molecule is c1ccc(-c2ccc(N3c4ccc(-c5ccccc5)cc4B4c5cc6c7ccccc7c7ccccc7c7cccc8c9ccccc9n(c6cc5N(c5ccc(-c6ccccc6)cc5)c5cc(-n6c9ccccc9c9ccccc96)cc3c54)c78)cc2)cc1. The molecule has 89 heavy (non-hydrogen) atoms. The number of fused-ring (bicyclic) bond motifs is 17. The van der Waals surface area contributed by atoms with Crippen LogP contribution in [0.2, 0.25) is 0 Å². The molecule has 17 aromatic rings. The number of hydrogen-bond donors (Lipinski definition) is 0. The first kappa shape index (κ1) is 49.6. The van der Waals surface area contributed by atoms with Crippen LogP contribution in [0.1, 0.15) is 0 Å². The number of benzene rings is 14. The summed E-state index contributed by atoms with van der Waals surface area (Å²) >= 11 is 0. The van der Waals surface area contributed by atoms with Crippen LogP contribution in [0.4, 0.5) is 34.1 Å². The van der Waals surface area contributed by atoms with E-state index in [0.717, 1.165) is 56.4 Å². The Bertz CT molecular complexity index is 5740. The summed E-state index contributed by atoms with van der Waals surface area (Å²) in [5, 5.41) is 12.1. The number of anilines is 6. The summed E-state index contributed by atoms with van der Waals surface area (Å²) < 4.78 is 5.11. The van der Waals surface area contributed by atoms with E-state index in [0.29, 0.717) is 0 Å². The molecule has 0 bridgehead atoms. The molecule has 3 aromatic heterocycles. The highest BCUT2D eigenvalue weighted by Gasteiger charge is 2.44. The van der Waals surface area contributed by atoms with Crippen LogP contribution >= 0.6 is 0 Å². The number of nitrogens with zero attached hydrogens (tertiary/aromatic N) is 4. The van der Waals surface area contributed by atoms with Gasteiger partial charge in [0.05, 0.1) is 33.3 Å². The van der Waals surface area contributed by atoms with E-state index >= 15 is 0 Å². The van der Waals surface area contributed by atoms with Crippen LogP contribution in [-0.4, -0.2) is 15.7 Å². The van der Waals surface area contributed by atoms with Gasteiger partial charge in [-0.15, -0.1) is 0 Å². The molecule has 0 saturated carbocycles. The van der Waals surface area contributed by atoms with Crippen LogP contribution < -0.4 is 26.2 Å². The summed E-state index contributed by atoms with van der Waals surface area (Å²) in [7, 11) is 0. The molecule has 5 heteroatoms. The van der Waals surface area contributed by atoms with Crippen molar-refractivity contribution < 1.29 is 0 Å². The van der Waals surface area contributed by atoms with Gasteiger partial charge in [0.2, 0.25) is 0 Å². The lowest BCUT2D eigenvalue weighted by molar-refractivity contribution is 1.16. The third-order valence-corrected chi connectivity index (χ3v) is 19.2. The largest absolute Gasteiger partial charge is 0.311 e. The van der Waals surface area contributed by atoms with Gasteiger partial charge in [0.1, 0.15) is 0 Å². The smallest absolute Gasteiger partial charge is 0.252 e. The maximum Gasteiger partial charge on any atom is 0.252 e. The lowest BCUT2D eigenvalue weighted by Gasteiger charge is -2.44. The molecule has 5 heterocycles. The van der Waals surface area contributed by atoms with Gasteiger partial charge < -0.3 is 18.8 Å². The Kier molecular flexibility index (Phi) is 10.8. The number of para-hydroxylation sites is 4. The molecule has 0 spiro atoms. The molecule has 412 valence electrons. The topological polar surface area (TPSA) is 15.8 Å². The molecule has 2 aliphatic rings. The van der Waals surface area contributed by atoms with Crippen molar-refractivity contribution in [3.05, 3.63) is 322 Å². The zero-order valence-corrected chi connectivity index (χ0v) is 48.5. The Morgan fingerprint density at radius 1 is 0.213 bits per heavy atom. The van der Waals surface area contributed by atoms with Crippen LogP contribution in [-0.2, 0) is 0 Å². The monoisotopic (exact) mass is 1130 g/mol. The standard InChI is InChI=1S/C84H53BN4/c1-4-21-54(22-5-1)57-39-44-60(45-40-57)86-78-48-43-59(56-25-8-3-9-26-56)49-73(78)85-74-52-72-66-30-13-11-28-64(66)63-27-10-12-29-65(63)70-34-20-35-71-69-33-16-19-38-77(69)89(84(70)71)79(72)53-80(74)87(61-46-41-58(42-47-61)55-23-6-2-7-24-55)82-51-62(50-81(86)83(82)85)88-75-36-17-14-31-67(75)68-32-15-18-37-76(68)88/h1-53H. The maximum absolute atomic E-state index is 2.61. The van der Waals surface area contributed by atoms with E-state index in [1.165, 1.54) is 115 Å². The van der Waals surface area contributed by atoms with Crippen molar-refractivity contribution in [2.24, 2.45) is 0 Å². The molecule has 0 unspecified atom stereocenters. The molecule has 0 fully saturated rings. The minimum Gasteiger partial charge on any atom is -0.311 e. The first-order valence-electron chi connectivity index (χ1n) is 30.9. The van der Waals surface area contributed by atoms with Crippen molar-refractivity contribution in [1.82, 2.24) is 8.97 Å². The number of aromatic nitrogens is 2. The molecule has 4 nitrogen and oxygen atoms in total. The van der Waals surface area contributed by atoms with Crippen LogP contribution in [0.3, 0.4) is 0 Å². The first-order chi connectivity index (χ1) is 44.2. The summed E-state index contributed by atoms with van der Waals surface area (Å²) in [4.78, 5) is 5.18. The molecule has 14 aromatic carbocycles. The third kappa shape index (κ3) is 7.43. The maximum atomic E-state index is 2.61. The van der Waals surface area contributed by atoms with Crippen molar-refractivity contribution in [3.63, 3.8) is 0 Å². The van der Waals surface area contributed by atoms with Crippen LogP contribution in [0, 0.1) is 0 Å². The average Bonchev–Trinajstić information content (AvgIpc) is 1.50. The summed E-state index contributed by atoms with van der Waals surface area (Å²) in [5.74, 6) is 0. The van der Waals surface area contributed by atoms with Crippen molar-refractivity contribution >= 4 is 139 Å². The number of rotatable bonds is 6. The van der Waals surface area contributed by atoms with E-state index in [9.17, 15) is 0 Å². The van der Waals surface area contributed by atoms with Gasteiger partial charge >= 0.3 is 0 Å². The van der Waals surface area contributed by atoms with E-state index < -0.39 is 0 Å². The van der Waals surface area contributed by atoms with E-state index in [1.807, 2.05) is 0 Å². The molecule has 19 rings (SSSR count). The van der Waals surface area contributed by atoms with E-state index in [-0.39, 0.29) is 6.71 Å². The highest BCUT2D eigenvalue weighted by atomic mass is 15.2. The second-order valence-corrected chi connectivity index (χ2v) is 23.9. The minimum absolute atomic E-state index is 0.216. The Hall–Kier alpha value is -11.7. The molecule has 0 saturated heterocycles. The normalized spacial score (nSPS) is 12.7. The zero-order chi connectivity index (χ0) is 58.3. The lowest BCUT2D eigenvalue weighted by Crippen LogP contribution is -2.61. The summed E-state index contributed by atoms with van der Waals surface area (Å²) in [5.41, 5.74) is 24.4. The van der Waals surface area contributed by atoms with Crippen molar-refractivity contribution in [2.45, 2.75) is 0 Å². The fourth-order valence-electron chi connectivity index (χ4n) is 15.4. The fourth-order valence-corrected chi connectivity index (χ4v) is 15.4. The van der Waals surface area contributed by atoms with Crippen molar-refractivity contribution in [1.29, 1.82) is 0 Å². The van der Waals surface area contributed by atoms with Crippen LogP contribution in [0.25, 0.3) is 121 Å². The van der Waals surface area contributed by atoms with Gasteiger partial charge in [-0.25, -0.2) is 0 Å². The quantitative estimate of drug-likeness (QED) is 0.154. The molecular formula is C84H53BN4. The van der Waals surface area contributed by atoms with Gasteiger partial charge in [-0.2, -0.15) is 0 Å². The average molecular weight is 1130 g/mol. The van der Waals surface area contributed by atoms with Gasteiger partial charge in [0.25, 0.3) is 6.71 Å². The summed E-state index contributed by atoms with van der Waals surface area (Å²) in [6.45, 7) is -0.216. The Labute approximate surface area is 515 Å². The summed E-state index contributed by atoms with van der Waals surface area (Å²) in [6.07, 6.45) is 0. The molecule has 0 aliphatic carbocycles.